The predicted molar refractivity (Wildman–Crippen MR) is 77.5 cm³/mol. The number of hydrazine groups is 1. The maximum absolute atomic E-state index is 12.6. The molecule has 21 heavy (non-hydrogen) atoms. The smallest absolute Gasteiger partial charge is 0.332 e. The first-order valence-corrected chi connectivity index (χ1v) is 8.09. The van der Waals surface area contributed by atoms with Gasteiger partial charge in [0.05, 0.1) is 5.92 Å². The Morgan fingerprint density at radius 3 is 2.33 bits per heavy atom. The van der Waals surface area contributed by atoms with Crippen LogP contribution in [0.15, 0.2) is 0 Å². The predicted octanol–water partition coefficient (Wildman–Crippen LogP) is 1.81. The van der Waals surface area contributed by atoms with Gasteiger partial charge in [-0.1, -0.05) is 6.42 Å². The van der Waals surface area contributed by atoms with Crippen LogP contribution in [0.5, 0.6) is 0 Å². The van der Waals surface area contributed by atoms with Crippen LogP contribution in [0.4, 0.5) is 4.79 Å². The van der Waals surface area contributed by atoms with Crippen molar-refractivity contribution in [1.82, 2.24) is 15.3 Å². The number of amides is 2. The molecule has 3 fully saturated rings. The molecule has 2 N–H and O–H groups in total. The Labute approximate surface area is 125 Å². The van der Waals surface area contributed by atoms with Crippen molar-refractivity contribution in [2.75, 3.05) is 0 Å². The second-order valence-corrected chi connectivity index (χ2v) is 6.84. The normalized spacial score (nSPS) is 39.5. The van der Waals surface area contributed by atoms with E-state index in [-0.39, 0.29) is 24.0 Å². The summed E-state index contributed by atoms with van der Waals surface area (Å²) < 4.78 is 0. The molecule has 6 nitrogen and oxygen atoms in total. The summed E-state index contributed by atoms with van der Waals surface area (Å²) in [5.41, 5.74) is 3.05. The van der Waals surface area contributed by atoms with E-state index < -0.39 is 5.97 Å². The van der Waals surface area contributed by atoms with Crippen molar-refractivity contribution < 1.29 is 14.7 Å². The van der Waals surface area contributed by atoms with Gasteiger partial charge in [0.2, 0.25) is 0 Å². The van der Waals surface area contributed by atoms with E-state index in [9.17, 15) is 14.7 Å². The monoisotopic (exact) mass is 295 g/mol. The van der Waals surface area contributed by atoms with Crippen LogP contribution in [-0.2, 0) is 4.79 Å². The Morgan fingerprint density at radius 2 is 1.76 bits per heavy atom. The molecule has 3 heterocycles. The minimum Gasteiger partial charge on any atom is -0.481 e. The molecule has 2 bridgehead atoms. The standard InChI is InChI=1S/C15H25N3O3/c1-9-4-3-5-10(2)18(9)16-15(21)17-11-6-7-13(17)12(8-11)14(19)20/h9-13H,3-8H2,1-2H3,(H,16,21)(H,19,20). The Kier molecular flexibility index (Phi) is 3.82. The molecule has 5 unspecified atom stereocenters. The molecular weight excluding hydrogens is 270 g/mol. The molecule has 3 aliphatic heterocycles. The third-order valence-electron chi connectivity index (χ3n) is 5.51. The van der Waals surface area contributed by atoms with Gasteiger partial charge in [-0.25, -0.2) is 9.80 Å². The number of hydrogen-bond donors (Lipinski definition) is 2. The van der Waals surface area contributed by atoms with E-state index >= 15 is 0 Å². The Balaban J connectivity index is 1.67. The molecule has 118 valence electrons. The summed E-state index contributed by atoms with van der Waals surface area (Å²) in [7, 11) is 0. The van der Waals surface area contributed by atoms with E-state index in [0.29, 0.717) is 18.5 Å². The first-order valence-electron chi connectivity index (χ1n) is 8.09. The number of urea groups is 1. The van der Waals surface area contributed by atoms with Gasteiger partial charge >= 0.3 is 12.0 Å². The first kappa shape index (κ1) is 14.6. The van der Waals surface area contributed by atoms with Crippen LogP contribution in [0.3, 0.4) is 0 Å². The molecule has 5 atom stereocenters. The van der Waals surface area contributed by atoms with Crippen LogP contribution in [0, 0.1) is 5.92 Å². The van der Waals surface area contributed by atoms with Crippen molar-refractivity contribution in [3.63, 3.8) is 0 Å². The molecule has 0 spiro atoms. The molecule has 2 amide bonds. The zero-order valence-electron chi connectivity index (χ0n) is 12.8. The van der Waals surface area contributed by atoms with Gasteiger partial charge in [-0.3, -0.25) is 10.2 Å². The molecule has 0 saturated carbocycles. The number of aliphatic carboxylic acids is 1. The van der Waals surface area contributed by atoms with Crippen LogP contribution >= 0.6 is 0 Å². The fourth-order valence-electron chi connectivity index (χ4n) is 4.38. The number of piperidine rings is 1. The van der Waals surface area contributed by atoms with E-state index in [1.54, 1.807) is 4.90 Å². The zero-order chi connectivity index (χ0) is 15.1. The number of carbonyl (C=O) groups excluding carboxylic acids is 1. The van der Waals surface area contributed by atoms with Crippen LogP contribution in [-0.4, -0.2) is 51.2 Å². The number of carboxylic acid groups (broad SMARTS) is 1. The molecular formula is C15H25N3O3. The van der Waals surface area contributed by atoms with Crippen LogP contribution in [0.25, 0.3) is 0 Å². The van der Waals surface area contributed by atoms with Gasteiger partial charge in [0.1, 0.15) is 0 Å². The summed E-state index contributed by atoms with van der Waals surface area (Å²) in [6, 6.07) is 0.558. The lowest BCUT2D eigenvalue weighted by atomic mass is 9.89. The highest BCUT2D eigenvalue weighted by Gasteiger charge is 2.51. The maximum Gasteiger partial charge on any atom is 0.332 e. The number of hydrogen-bond acceptors (Lipinski definition) is 3. The molecule has 0 radical (unpaired) electrons. The Bertz CT molecular complexity index is 432. The number of carboxylic acids is 1. The molecule has 3 rings (SSSR count). The van der Waals surface area contributed by atoms with Crippen molar-refractivity contribution in [3.8, 4) is 0 Å². The number of carbonyl (C=O) groups is 2. The van der Waals surface area contributed by atoms with Crippen molar-refractivity contribution in [1.29, 1.82) is 0 Å². The highest BCUT2D eigenvalue weighted by atomic mass is 16.4. The Hall–Kier alpha value is -1.30. The summed E-state index contributed by atoms with van der Waals surface area (Å²) in [5, 5.41) is 11.3. The molecule has 3 saturated heterocycles. The lowest BCUT2D eigenvalue weighted by Gasteiger charge is -2.40. The van der Waals surface area contributed by atoms with Gasteiger partial charge in [-0.05, 0) is 46.0 Å². The third kappa shape index (κ3) is 2.50. The summed E-state index contributed by atoms with van der Waals surface area (Å²) in [6.45, 7) is 4.27. The second kappa shape index (κ2) is 5.48. The quantitative estimate of drug-likeness (QED) is 0.815. The van der Waals surface area contributed by atoms with Gasteiger partial charge in [-0.15, -0.1) is 0 Å². The maximum atomic E-state index is 12.6. The van der Waals surface area contributed by atoms with Crippen molar-refractivity contribution in [2.45, 2.75) is 76.5 Å². The van der Waals surface area contributed by atoms with Gasteiger partial charge < -0.3 is 10.0 Å². The number of rotatable bonds is 2. The van der Waals surface area contributed by atoms with E-state index in [0.717, 1.165) is 25.7 Å². The third-order valence-corrected chi connectivity index (χ3v) is 5.51. The molecule has 0 aromatic carbocycles. The van der Waals surface area contributed by atoms with Crippen molar-refractivity contribution in [3.05, 3.63) is 0 Å². The van der Waals surface area contributed by atoms with E-state index in [1.807, 2.05) is 0 Å². The highest BCUT2D eigenvalue weighted by molar-refractivity contribution is 5.79. The van der Waals surface area contributed by atoms with Gasteiger partial charge in [0, 0.05) is 24.2 Å². The molecule has 0 aromatic rings. The van der Waals surface area contributed by atoms with Crippen LogP contribution < -0.4 is 5.43 Å². The minimum absolute atomic E-state index is 0.103. The number of nitrogens with one attached hydrogen (secondary N) is 1. The fourth-order valence-corrected chi connectivity index (χ4v) is 4.38. The summed E-state index contributed by atoms with van der Waals surface area (Å²) >= 11 is 0. The van der Waals surface area contributed by atoms with Crippen molar-refractivity contribution in [2.24, 2.45) is 5.92 Å². The summed E-state index contributed by atoms with van der Waals surface area (Å²) in [6.07, 6.45) is 5.75. The number of fused-ring (bicyclic) bond motifs is 2. The van der Waals surface area contributed by atoms with E-state index in [2.05, 4.69) is 24.3 Å². The number of nitrogens with zero attached hydrogens (tertiary/aromatic N) is 2. The average Bonchev–Trinajstić information content (AvgIpc) is 3.00. The molecule has 6 heteroatoms. The van der Waals surface area contributed by atoms with Gasteiger partial charge in [-0.2, -0.15) is 0 Å². The largest absolute Gasteiger partial charge is 0.481 e. The van der Waals surface area contributed by atoms with E-state index in [4.69, 9.17) is 0 Å². The summed E-state index contributed by atoms with van der Waals surface area (Å²) in [5.74, 6) is -1.15. The lowest BCUT2D eigenvalue weighted by Crippen LogP contribution is -2.58. The zero-order valence-corrected chi connectivity index (χ0v) is 12.8. The molecule has 0 aliphatic carbocycles. The molecule has 3 aliphatic rings. The van der Waals surface area contributed by atoms with E-state index in [1.165, 1.54) is 6.42 Å². The summed E-state index contributed by atoms with van der Waals surface area (Å²) in [4.78, 5) is 25.7. The second-order valence-electron chi connectivity index (χ2n) is 6.84. The average molecular weight is 295 g/mol. The first-order chi connectivity index (χ1) is 9.99. The van der Waals surface area contributed by atoms with Gasteiger partial charge in [0.25, 0.3) is 0 Å². The van der Waals surface area contributed by atoms with Gasteiger partial charge in [0.15, 0.2) is 0 Å². The minimum atomic E-state index is -0.764. The van der Waals surface area contributed by atoms with Crippen LogP contribution in [0.1, 0.15) is 52.4 Å². The van der Waals surface area contributed by atoms with Crippen molar-refractivity contribution >= 4 is 12.0 Å². The highest BCUT2D eigenvalue weighted by Crippen LogP contribution is 2.41. The molecule has 0 aromatic heterocycles. The van der Waals surface area contributed by atoms with Crippen LogP contribution in [0.2, 0.25) is 0 Å². The lowest BCUT2D eigenvalue weighted by molar-refractivity contribution is -0.142. The topological polar surface area (TPSA) is 72.9 Å². The Morgan fingerprint density at radius 1 is 1.10 bits per heavy atom. The fraction of sp³-hybridized carbons (Fsp3) is 0.867. The SMILES string of the molecule is CC1CCCC(C)N1NC(=O)N1C2CCC1C(C(=O)O)C2.